The number of nitrogens with zero attached hydrogens (tertiary/aromatic N) is 1. The molecule has 1 aliphatic rings. The molecule has 1 heterocycles. The summed E-state index contributed by atoms with van der Waals surface area (Å²) in [5.41, 5.74) is 2.28. The highest BCUT2D eigenvalue weighted by Gasteiger charge is 2.24. The highest BCUT2D eigenvalue weighted by Crippen LogP contribution is 2.35. The molecule has 0 radical (unpaired) electrons. The van der Waals surface area contributed by atoms with Crippen LogP contribution in [0, 0.1) is 0 Å². The summed E-state index contributed by atoms with van der Waals surface area (Å²) in [5, 5.41) is 2.60. The lowest BCUT2D eigenvalue weighted by Gasteiger charge is -2.21. The van der Waals surface area contributed by atoms with Gasteiger partial charge in [-0.2, -0.15) is 0 Å². The second kappa shape index (κ2) is 8.38. The zero-order chi connectivity index (χ0) is 20.3. The van der Waals surface area contributed by atoms with E-state index < -0.39 is 10.0 Å². The van der Waals surface area contributed by atoms with Gasteiger partial charge in [0.2, 0.25) is 10.0 Å². The summed E-state index contributed by atoms with van der Waals surface area (Å²) in [5.74, 6) is -0.0431. The van der Waals surface area contributed by atoms with Crippen molar-refractivity contribution in [3.8, 4) is 5.75 Å². The molecule has 28 heavy (non-hydrogen) atoms. The second-order valence-corrected chi connectivity index (χ2v) is 8.42. The predicted molar refractivity (Wildman–Crippen MR) is 110 cm³/mol. The van der Waals surface area contributed by atoms with Crippen molar-refractivity contribution in [3.05, 3.63) is 47.0 Å². The Morgan fingerprint density at radius 1 is 1.18 bits per heavy atom. The fourth-order valence-corrected chi connectivity index (χ4v) is 4.52. The lowest BCUT2D eigenvalue weighted by molar-refractivity contribution is -0.118. The van der Waals surface area contributed by atoms with Gasteiger partial charge in [-0.05, 0) is 37.6 Å². The third kappa shape index (κ3) is 4.40. The van der Waals surface area contributed by atoms with Gasteiger partial charge in [0, 0.05) is 31.4 Å². The number of fused-ring (bicyclic) bond motifs is 1. The SMILES string of the molecule is CCN(CC)c1ccc(CNS(=O)(=O)c2cc3c(cc2Cl)NC(=O)CO3)cc1. The maximum absolute atomic E-state index is 12.7. The number of halogens is 1. The van der Waals surface area contributed by atoms with Crippen LogP contribution in [0.25, 0.3) is 0 Å². The minimum Gasteiger partial charge on any atom is -0.482 e. The topological polar surface area (TPSA) is 87.7 Å². The minimum atomic E-state index is -3.86. The number of sulfonamides is 1. The summed E-state index contributed by atoms with van der Waals surface area (Å²) in [6.45, 7) is 5.95. The number of carbonyl (C=O) groups excluding carboxylic acids is 1. The van der Waals surface area contributed by atoms with Crippen molar-refractivity contribution in [1.29, 1.82) is 0 Å². The molecule has 2 aromatic carbocycles. The fourth-order valence-electron chi connectivity index (χ4n) is 2.96. The lowest BCUT2D eigenvalue weighted by atomic mass is 10.2. The van der Waals surface area contributed by atoms with E-state index in [1.165, 1.54) is 12.1 Å². The van der Waals surface area contributed by atoms with Crippen LogP contribution < -0.4 is 19.7 Å². The Hall–Kier alpha value is -2.29. The molecule has 2 aromatic rings. The van der Waals surface area contributed by atoms with Gasteiger partial charge >= 0.3 is 0 Å². The van der Waals surface area contributed by atoms with E-state index in [0.29, 0.717) is 5.69 Å². The van der Waals surface area contributed by atoms with Crippen molar-refractivity contribution < 1.29 is 17.9 Å². The zero-order valence-corrected chi connectivity index (χ0v) is 17.2. The maximum atomic E-state index is 12.7. The van der Waals surface area contributed by atoms with E-state index in [1.807, 2.05) is 24.3 Å². The Balaban J connectivity index is 1.75. The Labute approximate surface area is 169 Å². The summed E-state index contributed by atoms with van der Waals surface area (Å²) in [6.07, 6.45) is 0. The first kappa shape index (κ1) is 20.4. The van der Waals surface area contributed by atoms with Crippen LogP contribution in [0.3, 0.4) is 0 Å². The van der Waals surface area contributed by atoms with Gasteiger partial charge in [0.1, 0.15) is 10.6 Å². The summed E-state index contributed by atoms with van der Waals surface area (Å²) < 4.78 is 33.2. The number of ether oxygens (including phenoxy) is 1. The highest BCUT2D eigenvalue weighted by molar-refractivity contribution is 7.89. The van der Waals surface area contributed by atoms with Gasteiger partial charge in [-0.15, -0.1) is 0 Å². The summed E-state index contributed by atoms with van der Waals surface area (Å²) in [4.78, 5) is 13.5. The molecular weight excluding hydrogens is 402 g/mol. The summed E-state index contributed by atoms with van der Waals surface area (Å²) in [7, 11) is -3.86. The van der Waals surface area contributed by atoms with Crippen molar-refractivity contribution in [2.24, 2.45) is 0 Å². The first-order valence-corrected chi connectivity index (χ1v) is 10.8. The van der Waals surface area contributed by atoms with Gasteiger partial charge in [-0.3, -0.25) is 4.79 Å². The van der Waals surface area contributed by atoms with Gasteiger partial charge in [0.15, 0.2) is 6.61 Å². The molecule has 0 aliphatic carbocycles. The van der Waals surface area contributed by atoms with E-state index in [9.17, 15) is 13.2 Å². The Morgan fingerprint density at radius 3 is 2.50 bits per heavy atom. The molecule has 9 heteroatoms. The summed E-state index contributed by atoms with van der Waals surface area (Å²) in [6, 6.07) is 10.4. The molecule has 2 N–H and O–H groups in total. The van der Waals surface area contributed by atoms with Gasteiger partial charge in [-0.25, -0.2) is 13.1 Å². The van der Waals surface area contributed by atoms with Gasteiger partial charge in [0.25, 0.3) is 5.91 Å². The number of rotatable bonds is 7. The van der Waals surface area contributed by atoms with E-state index in [0.717, 1.165) is 24.3 Å². The summed E-state index contributed by atoms with van der Waals surface area (Å²) >= 11 is 6.13. The van der Waals surface area contributed by atoms with E-state index >= 15 is 0 Å². The predicted octanol–water partition coefficient (Wildman–Crippen LogP) is 3.00. The first-order valence-electron chi connectivity index (χ1n) is 8.93. The van der Waals surface area contributed by atoms with Crippen LogP contribution in [0.4, 0.5) is 11.4 Å². The monoisotopic (exact) mass is 423 g/mol. The Bertz CT molecular complexity index is 973. The number of hydrogen-bond acceptors (Lipinski definition) is 5. The molecule has 0 saturated carbocycles. The second-order valence-electron chi connectivity index (χ2n) is 6.28. The van der Waals surface area contributed by atoms with E-state index in [2.05, 4.69) is 28.8 Å². The number of benzene rings is 2. The molecule has 150 valence electrons. The Kier molecular flexibility index (Phi) is 6.12. The quantitative estimate of drug-likeness (QED) is 0.714. The van der Waals surface area contributed by atoms with Crippen LogP contribution in [0.2, 0.25) is 5.02 Å². The molecule has 0 atom stereocenters. The minimum absolute atomic E-state index is 0.00827. The standard InChI is InChI=1S/C19H22ClN3O4S/c1-3-23(4-2)14-7-5-13(6-8-14)11-21-28(25,26)18-10-17-16(9-15(18)20)22-19(24)12-27-17/h5-10,21H,3-4,11-12H2,1-2H3,(H,22,24). The van der Waals surface area contributed by atoms with E-state index in [1.54, 1.807) is 0 Å². The maximum Gasteiger partial charge on any atom is 0.262 e. The number of carbonyl (C=O) groups is 1. The number of hydrogen-bond donors (Lipinski definition) is 2. The molecule has 1 amide bonds. The van der Waals surface area contributed by atoms with Gasteiger partial charge < -0.3 is 15.0 Å². The van der Waals surface area contributed by atoms with Crippen molar-refractivity contribution in [3.63, 3.8) is 0 Å². The van der Waals surface area contributed by atoms with Crippen LogP contribution in [-0.4, -0.2) is 34.0 Å². The van der Waals surface area contributed by atoms with Crippen molar-refractivity contribution in [2.75, 3.05) is 29.9 Å². The smallest absolute Gasteiger partial charge is 0.262 e. The average molecular weight is 424 g/mol. The number of nitrogens with one attached hydrogen (secondary N) is 2. The molecular formula is C19H22ClN3O4S. The number of anilines is 2. The first-order chi connectivity index (χ1) is 13.3. The molecule has 1 aliphatic heterocycles. The van der Waals surface area contributed by atoms with Crippen molar-refractivity contribution in [2.45, 2.75) is 25.3 Å². The molecule has 0 spiro atoms. The molecule has 0 fully saturated rings. The lowest BCUT2D eigenvalue weighted by Crippen LogP contribution is -2.27. The van der Waals surface area contributed by atoms with Crippen molar-refractivity contribution >= 4 is 38.9 Å². The molecule has 0 bridgehead atoms. The van der Waals surface area contributed by atoms with Gasteiger partial charge in [-0.1, -0.05) is 23.7 Å². The fraction of sp³-hybridized carbons (Fsp3) is 0.316. The third-order valence-corrected chi connectivity index (χ3v) is 6.35. The molecule has 7 nitrogen and oxygen atoms in total. The van der Waals surface area contributed by atoms with Crippen LogP contribution >= 0.6 is 11.6 Å². The molecule has 0 saturated heterocycles. The molecule has 0 unspecified atom stereocenters. The average Bonchev–Trinajstić information content (AvgIpc) is 2.67. The number of amides is 1. The third-order valence-electron chi connectivity index (χ3n) is 4.49. The largest absolute Gasteiger partial charge is 0.482 e. The van der Waals surface area contributed by atoms with Crippen LogP contribution in [0.1, 0.15) is 19.4 Å². The van der Waals surface area contributed by atoms with E-state index in [-0.39, 0.29) is 34.7 Å². The van der Waals surface area contributed by atoms with Crippen molar-refractivity contribution in [1.82, 2.24) is 4.72 Å². The van der Waals surface area contributed by atoms with Crippen LogP contribution in [0.15, 0.2) is 41.3 Å². The van der Waals surface area contributed by atoms with E-state index in [4.69, 9.17) is 16.3 Å². The van der Waals surface area contributed by atoms with Crippen LogP contribution in [-0.2, 0) is 21.4 Å². The zero-order valence-electron chi connectivity index (χ0n) is 15.7. The normalized spacial score (nSPS) is 13.5. The van der Waals surface area contributed by atoms with Crippen LogP contribution in [0.5, 0.6) is 5.75 Å². The van der Waals surface area contributed by atoms with Gasteiger partial charge in [0.05, 0.1) is 10.7 Å². The Morgan fingerprint density at radius 2 is 1.86 bits per heavy atom. The highest BCUT2D eigenvalue weighted by atomic mass is 35.5. The molecule has 0 aromatic heterocycles. The molecule has 3 rings (SSSR count).